The molecule has 4 fully saturated rings. The van der Waals surface area contributed by atoms with Crippen LogP contribution in [0.2, 0.25) is 0 Å². The highest BCUT2D eigenvalue weighted by molar-refractivity contribution is 6.22. The Morgan fingerprint density at radius 1 is 0.568 bits per heavy atom. The highest BCUT2D eigenvalue weighted by atomic mass is 16.6. The Bertz CT molecular complexity index is 1380. The number of carbonyl (C=O) groups excluding carboxylic acids is 3. The molecule has 234 valence electrons. The molecule has 0 saturated carbocycles. The number of rotatable bonds is 2. The number of ketones is 1. The van der Waals surface area contributed by atoms with Gasteiger partial charge >= 0.3 is 12.2 Å². The summed E-state index contributed by atoms with van der Waals surface area (Å²) in [7, 11) is 0. The molecule has 2 aromatic carbocycles. The van der Waals surface area contributed by atoms with Gasteiger partial charge in [0, 0.05) is 98.5 Å². The fraction of sp³-hybridized carbons (Fsp3) is 0.571. The number of benzene rings is 2. The topological polar surface area (TPSA) is 82.6 Å². The maximum atomic E-state index is 13.7. The summed E-state index contributed by atoms with van der Waals surface area (Å²) in [6.07, 6.45) is -0.447. The number of nitrogens with zero attached hydrogens (tertiary/aromatic N) is 4. The van der Waals surface area contributed by atoms with E-state index in [4.69, 9.17) is 9.47 Å². The number of amides is 2. The van der Waals surface area contributed by atoms with Gasteiger partial charge in [0.15, 0.2) is 5.78 Å². The first-order valence-corrected chi connectivity index (χ1v) is 16.0. The number of anilines is 2. The molecular weight excluding hydrogens is 556 g/mol. The van der Waals surface area contributed by atoms with Crippen LogP contribution < -0.4 is 9.80 Å². The zero-order valence-electron chi connectivity index (χ0n) is 26.8. The molecule has 7 rings (SSSR count). The van der Waals surface area contributed by atoms with Crippen molar-refractivity contribution in [3.63, 3.8) is 0 Å². The quantitative estimate of drug-likeness (QED) is 0.384. The van der Waals surface area contributed by atoms with Gasteiger partial charge in [-0.2, -0.15) is 0 Å². The van der Waals surface area contributed by atoms with E-state index in [1.807, 2.05) is 51.3 Å². The molecule has 0 radical (unpaired) electrons. The van der Waals surface area contributed by atoms with E-state index in [9.17, 15) is 14.4 Å². The standard InChI is InChI=1S/C35H44N4O5/c1-34(2,3)43-32(41)38-17-21-13-36(14-22(21)18-38)25-7-9-27-28-10-8-26(12-30(28)31(40)29(27)11-25)37-15-23-19-39(20-24(23)16-37)33(42)44-35(4,5)6/h7-12,21-24H,13-20H2,1-6H3. The van der Waals surface area contributed by atoms with Gasteiger partial charge in [0.05, 0.1) is 0 Å². The van der Waals surface area contributed by atoms with Gasteiger partial charge in [0.25, 0.3) is 0 Å². The van der Waals surface area contributed by atoms with Gasteiger partial charge in [-0.3, -0.25) is 4.79 Å². The Hall–Kier alpha value is -3.75. The summed E-state index contributed by atoms with van der Waals surface area (Å²) >= 11 is 0. The molecule has 0 N–H and O–H groups in total. The van der Waals surface area contributed by atoms with Gasteiger partial charge in [-0.1, -0.05) is 12.1 Å². The third kappa shape index (κ3) is 5.28. The van der Waals surface area contributed by atoms with E-state index < -0.39 is 11.2 Å². The van der Waals surface area contributed by atoms with Crippen molar-refractivity contribution in [1.82, 2.24) is 9.80 Å². The maximum absolute atomic E-state index is 13.7. The summed E-state index contributed by atoms with van der Waals surface area (Å²) in [5, 5.41) is 0. The van der Waals surface area contributed by atoms with Crippen LogP contribution in [0, 0.1) is 23.7 Å². The van der Waals surface area contributed by atoms with E-state index in [0.717, 1.165) is 59.8 Å². The lowest BCUT2D eigenvalue weighted by Gasteiger charge is -2.26. The average molecular weight is 601 g/mol. The van der Waals surface area contributed by atoms with Crippen molar-refractivity contribution < 1.29 is 23.9 Å². The molecule has 4 aliphatic heterocycles. The molecule has 0 aromatic heterocycles. The smallest absolute Gasteiger partial charge is 0.410 e. The first-order valence-electron chi connectivity index (χ1n) is 16.0. The third-order valence-electron chi connectivity index (χ3n) is 9.79. The molecule has 4 heterocycles. The average Bonchev–Trinajstić information content (AvgIpc) is 3.72. The van der Waals surface area contributed by atoms with Gasteiger partial charge in [0.2, 0.25) is 0 Å². The van der Waals surface area contributed by atoms with Crippen LogP contribution >= 0.6 is 0 Å². The van der Waals surface area contributed by atoms with Crippen molar-refractivity contribution in [2.75, 3.05) is 62.2 Å². The van der Waals surface area contributed by atoms with Gasteiger partial charge in [0.1, 0.15) is 11.2 Å². The largest absolute Gasteiger partial charge is 0.444 e. The lowest BCUT2D eigenvalue weighted by molar-refractivity contribution is 0.0272. The second-order valence-electron chi connectivity index (χ2n) is 15.4. The molecule has 2 amide bonds. The Balaban J connectivity index is 0.994. The third-order valence-corrected chi connectivity index (χ3v) is 9.79. The number of hydrogen-bond acceptors (Lipinski definition) is 7. The summed E-state index contributed by atoms with van der Waals surface area (Å²) in [6.45, 7) is 17.7. The fourth-order valence-electron chi connectivity index (χ4n) is 7.81. The zero-order valence-corrected chi connectivity index (χ0v) is 26.8. The van der Waals surface area contributed by atoms with E-state index in [0.29, 0.717) is 49.9 Å². The second kappa shape index (κ2) is 10.1. The van der Waals surface area contributed by atoms with Crippen LogP contribution in [0.5, 0.6) is 0 Å². The van der Waals surface area contributed by atoms with Crippen molar-refractivity contribution in [3.05, 3.63) is 47.5 Å². The maximum Gasteiger partial charge on any atom is 0.410 e. The van der Waals surface area contributed by atoms with Crippen LogP contribution in [0.3, 0.4) is 0 Å². The summed E-state index contributed by atoms with van der Waals surface area (Å²) < 4.78 is 11.2. The fourth-order valence-corrected chi connectivity index (χ4v) is 7.81. The number of ether oxygens (including phenoxy) is 2. The highest BCUT2D eigenvalue weighted by Crippen LogP contribution is 2.43. The summed E-state index contributed by atoms with van der Waals surface area (Å²) in [4.78, 5) is 47.3. The summed E-state index contributed by atoms with van der Waals surface area (Å²) in [5.74, 6) is 1.71. The van der Waals surface area contributed by atoms with Crippen molar-refractivity contribution in [3.8, 4) is 11.1 Å². The molecule has 5 aliphatic rings. The summed E-state index contributed by atoms with van der Waals surface area (Å²) in [6, 6.07) is 12.6. The minimum absolute atomic E-state index is 0.0877. The van der Waals surface area contributed by atoms with Crippen molar-refractivity contribution >= 4 is 29.3 Å². The van der Waals surface area contributed by atoms with Crippen LogP contribution in [0.1, 0.15) is 57.5 Å². The van der Waals surface area contributed by atoms with E-state index in [2.05, 4.69) is 46.2 Å². The highest BCUT2D eigenvalue weighted by Gasteiger charge is 2.44. The van der Waals surface area contributed by atoms with E-state index in [1.165, 1.54) is 0 Å². The molecular formula is C35H44N4O5. The predicted molar refractivity (Wildman–Crippen MR) is 169 cm³/mol. The molecule has 44 heavy (non-hydrogen) atoms. The van der Waals surface area contributed by atoms with E-state index in [-0.39, 0.29) is 18.0 Å². The monoisotopic (exact) mass is 600 g/mol. The van der Waals surface area contributed by atoms with Gasteiger partial charge in [-0.05, 0) is 76.9 Å². The van der Waals surface area contributed by atoms with Crippen LogP contribution in [-0.2, 0) is 9.47 Å². The molecule has 4 saturated heterocycles. The lowest BCUT2D eigenvalue weighted by atomic mass is 10.0. The van der Waals surface area contributed by atoms with Crippen LogP contribution in [0.25, 0.3) is 11.1 Å². The number of carbonyl (C=O) groups is 3. The normalized spacial score (nSPS) is 25.7. The molecule has 4 atom stereocenters. The SMILES string of the molecule is CC(C)(C)OC(=O)N1CC2CN(c3ccc4c(c3)C(=O)c3cc(N5CC6CN(C(=O)OC(C)(C)C)CC6C5)ccc3-4)CC2C1. The van der Waals surface area contributed by atoms with Crippen molar-refractivity contribution in [2.45, 2.75) is 52.7 Å². The lowest BCUT2D eigenvalue weighted by Crippen LogP contribution is -2.37. The summed E-state index contributed by atoms with van der Waals surface area (Å²) in [5.41, 5.74) is 4.71. The van der Waals surface area contributed by atoms with Crippen LogP contribution in [0.15, 0.2) is 36.4 Å². The Morgan fingerprint density at radius 2 is 0.909 bits per heavy atom. The molecule has 9 heteroatoms. The molecule has 1 aliphatic carbocycles. The van der Waals surface area contributed by atoms with E-state index >= 15 is 0 Å². The first kappa shape index (κ1) is 29.0. The van der Waals surface area contributed by atoms with Crippen LogP contribution in [-0.4, -0.2) is 91.3 Å². The second-order valence-corrected chi connectivity index (χ2v) is 15.4. The molecule has 0 spiro atoms. The van der Waals surface area contributed by atoms with Crippen LogP contribution in [0.4, 0.5) is 21.0 Å². The molecule has 2 aromatic rings. The zero-order chi connectivity index (χ0) is 31.1. The minimum atomic E-state index is -0.491. The predicted octanol–water partition coefficient (Wildman–Crippen LogP) is 5.50. The Labute approximate surface area is 260 Å². The molecule has 9 nitrogen and oxygen atoms in total. The van der Waals surface area contributed by atoms with Crippen molar-refractivity contribution in [2.24, 2.45) is 23.7 Å². The van der Waals surface area contributed by atoms with E-state index in [1.54, 1.807) is 0 Å². The molecule has 4 unspecified atom stereocenters. The number of likely N-dealkylation sites (tertiary alicyclic amines) is 2. The Morgan fingerprint density at radius 3 is 1.23 bits per heavy atom. The molecule has 0 bridgehead atoms. The van der Waals surface area contributed by atoms with Gasteiger partial charge in [-0.25, -0.2) is 9.59 Å². The number of fused-ring (bicyclic) bond motifs is 5. The van der Waals surface area contributed by atoms with Crippen molar-refractivity contribution in [1.29, 1.82) is 0 Å². The minimum Gasteiger partial charge on any atom is -0.444 e. The Kier molecular flexibility index (Phi) is 6.68. The van der Waals surface area contributed by atoms with Gasteiger partial charge < -0.3 is 29.1 Å². The first-order chi connectivity index (χ1) is 20.7. The van der Waals surface area contributed by atoms with Gasteiger partial charge in [-0.15, -0.1) is 0 Å². The number of hydrogen-bond donors (Lipinski definition) is 0.